The fourth-order valence-electron chi connectivity index (χ4n) is 1.44. The second-order valence-electron chi connectivity index (χ2n) is 4.19. The molecule has 80 valence electrons. The maximum Gasteiger partial charge on any atom is 0.00642 e. The highest BCUT2D eigenvalue weighted by atomic mass is 14.9. The van der Waals surface area contributed by atoms with Gasteiger partial charge in [-0.05, 0) is 25.8 Å². The molecule has 1 nitrogen and oxygen atoms in total. The summed E-state index contributed by atoms with van der Waals surface area (Å²) in [6, 6.07) is 0.687. The molecule has 0 saturated carbocycles. The molecule has 0 unspecified atom stereocenters. The lowest BCUT2D eigenvalue weighted by Crippen LogP contribution is -2.32. The molecule has 0 fully saturated rings. The summed E-state index contributed by atoms with van der Waals surface area (Å²) in [5, 5.41) is 3.59. The second-order valence-corrected chi connectivity index (χ2v) is 4.19. The van der Waals surface area contributed by atoms with Gasteiger partial charge in [-0.25, -0.2) is 0 Å². The van der Waals surface area contributed by atoms with Crippen molar-refractivity contribution < 1.29 is 0 Å². The molecule has 0 amide bonds. The zero-order valence-corrected chi connectivity index (χ0v) is 9.90. The number of unbranched alkanes of at least 4 members (excludes halogenated alkanes) is 3. The van der Waals surface area contributed by atoms with Gasteiger partial charge in [-0.15, -0.1) is 0 Å². The third-order valence-electron chi connectivity index (χ3n) is 2.99. The van der Waals surface area contributed by atoms with E-state index in [-0.39, 0.29) is 0 Å². The summed E-state index contributed by atoms with van der Waals surface area (Å²) in [6.45, 7) is 10.3. The average molecular weight is 185 g/mol. The fourth-order valence-corrected chi connectivity index (χ4v) is 1.44. The summed E-state index contributed by atoms with van der Waals surface area (Å²) in [7, 11) is 0. The smallest absolute Gasteiger partial charge is 0.00642 e. The summed E-state index contributed by atoms with van der Waals surface area (Å²) in [5.41, 5.74) is 0. The summed E-state index contributed by atoms with van der Waals surface area (Å²) < 4.78 is 0. The third-order valence-corrected chi connectivity index (χ3v) is 2.99. The predicted molar refractivity (Wildman–Crippen MR) is 61.1 cm³/mol. The van der Waals surface area contributed by atoms with E-state index in [1.54, 1.807) is 0 Å². The molecule has 2 atom stereocenters. The van der Waals surface area contributed by atoms with Crippen molar-refractivity contribution in [1.29, 1.82) is 0 Å². The van der Waals surface area contributed by atoms with Crippen molar-refractivity contribution in [2.24, 2.45) is 5.92 Å². The monoisotopic (exact) mass is 185 g/mol. The Kier molecular flexibility index (Phi) is 8.53. The van der Waals surface area contributed by atoms with E-state index in [1.807, 2.05) is 0 Å². The van der Waals surface area contributed by atoms with Crippen molar-refractivity contribution >= 4 is 0 Å². The molecule has 0 aliphatic carbocycles. The Hall–Kier alpha value is -0.0400. The quantitative estimate of drug-likeness (QED) is 0.570. The van der Waals surface area contributed by atoms with Crippen LogP contribution in [0.25, 0.3) is 0 Å². The lowest BCUT2D eigenvalue weighted by Gasteiger charge is -2.19. The van der Waals surface area contributed by atoms with Crippen molar-refractivity contribution in [3.63, 3.8) is 0 Å². The van der Waals surface area contributed by atoms with Crippen LogP contribution in [0.2, 0.25) is 0 Å². The summed E-state index contributed by atoms with van der Waals surface area (Å²) in [6.07, 6.45) is 6.73. The first kappa shape index (κ1) is 13.0. The largest absolute Gasteiger partial charge is 0.314 e. The Bertz CT molecular complexity index is 101. The molecule has 0 aliphatic rings. The highest BCUT2D eigenvalue weighted by Crippen LogP contribution is 2.06. The van der Waals surface area contributed by atoms with E-state index < -0.39 is 0 Å². The van der Waals surface area contributed by atoms with Crippen LogP contribution in [0, 0.1) is 5.92 Å². The van der Waals surface area contributed by atoms with Gasteiger partial charge in [0.05, 0.1) is 0 Å². The molecule has 0 heterocycles. The highest BCUT2D eigenvalue weighted by molar-refractivity contribution is 4.66. The van der Waals surface area contributed by atoms with Gasteiger partial charge in [-0.1, -0.05) is 46.5 Å². The first-order chi connectivity index (χ1) is 6.22. The zero-order valence-electron chi connectivity index (χ0n) is 9.90. The predicted octanol–water partition coefficient (Wildman–Crippen LogP) is 3.59. The van der Waals surface area contributed by atoms with E-state index in [2.05, 4.69) is 33.0 Å². The Morgan fingerprint density at radius 1 is 1.00 bits per heavy atom. The van der Waals surface area contributed by atoms with Gasteiger partial charge in [0, 0.05) is 6.04 Å². The minimum Gasteiger partial charge on any atom is -0.314 e. The third kappa shape index (κ3) is 7.06. The molecule has 0 rings (SSSR count). The van der Waals surface area contributed by atoms with Crippen LogP contribution in [0.15, 0.2) is 0 Å². The van der Waals surface area contributed by atoms with Crippen LogP contribution in [0.3, 0.4) is 0 Å². The molecule has 0 aromatic rings. The minimum atomic E-state index is 0.687. The van der Waals surface area contributed by atoms with Crippen LogP contribution in [0.4, 0.5) is 0 Å². The molecule has 0 bridgehead atoms. The number of nitrogens with one attached hydrogen (secondary N) is 1. The van der Waals surface area contributed by atoms with E-state index in [9.17, 15) is 0 Å². The normalized spacial score (nSPS) is 15.7. The SMILES string of the molecule is CCCCCCN[C@@H](C)[C@H](C)CC. The van der Waals surface area contributed by atoms with Crippen LogP contribution in [0.1, 0.15) is 59.8 Å². The maximum atomic E-state index is 3.59. The number of rotatable bonds is 8. The van der Waals surface area contributed by atoms with Crippen molar-refractivity contribution in [3.8, 4) is 0 Å². The van der Waals surface area contributed by atoms with Crippen molar-refractivity contribution in [1.82, 2.24) is 5.32 Å². The Labute approximate surface area is 84.3 Å². The highest BCUT2D eigenvalue weighted by Gasteiger charge is 2.07. The minimum absolute atomic E-state index is 0.687. The summed E-state index contributed by atoms with van der Waals surface area (Å²) in [5.74, 6) is 0.811. The van der Waals surface area contributed by atoms with Crippen LogP contribution in [0.5, 0.6) is 0 Å². The molecule has 0 aromatic carbocycles. The molecule has 0 aliphatic heterocycles. The maximum absolute atomic E-state index is 3.59. The van der Waals surface area contributed by atoms with Crippen LogP contribution in [-0.2, 0) is 0 Å². The van der Waals surface area contributed by atoms with Gasteiger partial charge in [-0.2, -0.15) is 0 Å². The van der Waals surface area contributed by atoms with Crippen molar-refractivity contribution in [3.05, 3.63) is 0 Å². The Balaban J connectivity index is 3.21. The van der Waals surface area contributed by atoms with Gasteiger partial charge in [0.15, 0.2) is 0 Å². The molecule has 0 aromatic heterocycles. The van der Waals surface area contributed by atoms with Crippen LogP contribution < -0.4 is 5.32 Å². The molecule has 0 saturated heterocycles. The average Bonchev–Trinajstić information content (AvgIpc) is 2.16. The second kappa shape index (κ2) is 8.55. The molecule has 0 radical (unpaired) electrons. The van der Waals surface area contributed by atoms with E-state index in [4.69, 9.17) is 0 Å². The Morgan fingerprint density at radius 2 is 1.69 bits per heavy atom. The van der Waals surface area contributed by atoms with Gasteiger partial charge in [0.1, 0.15) is 0 Å². The topological polar surface area (TPSA) is 12.0 Å². The lowest BCUT2D eigenvalue weighted by atomic mass is 10.0. The van der Waals surface area contributed by atoms with E-state index in [0.717, 1.165) is 5.92 Å². The first-order valence-corrected chi connectivity index (χ1v) is 5.95. The summed E-state index contributed by atoms with van der Waals surface area (Å²) >= 11 is 0. The first-order valence-electron chi connectivity index (χ1n) is 5.95. The van der Waals surface area contributed by atoms with E-state index in [0.29, 0.717) is 6.04 Å². The fraction of sp³-hybridized carbons (Fsp3) is 1.00. The summed E-state index contributed by atoms with van der Waals surface area (Å²) in [4.78, 5) is 0. The lowest BCUT2D eigenvalue weighted by molar-refractivity contribution is 0.386. The molecule has 0 spiro atoms. The standard InChI is InChI=1S/C12H27N/c1-5-7-8-9-10-13-12(4)11(3)6-2/h11-13H,5-10H2,1-4H3/t11-,12+/m1/s1. The molecular formula is C12H27N. The molecular weight excluding hydrogens is 158 g/mol. The van der Waals surface area contributed by atoms with Gasteiger partial charge in [0.2, 0.25) is 0 Å². The Morgan fingerprint density at radius 3 is 2.23 bits per heavy atom. The van der Waals surface area contributed by atoms with Gasteiger partial charge >= 0.3 is 0 Å². The molecule has 1 N–H and O–H groups in total. The van der Waals surface area contributed by atoms with E-state index in [1.165, 1.54) is 38.6 Å². The van der Waals surface area contributed by atoms with E-state index >= 15 is 0 Å². The molecule has 13 heavy (non-hydrogen) atoms. The number of hydrogen-bond acceptors (Lipinski definition) is 1. The van der Waals surface area contributed by atoms with Crippen molar-refractivity contribution in [2.45, 2.75) is 65.8 Å². The zero-order chi connectivity index (χ0) is 10.1. The van der Waals surface area contributed by atoms with Crippen molar-refractivity contribution in [2.75, 3.05) is 6.54 Å². The van der Waals surface area contributed by atoms with Gasteiger partial charge in [-0.3, -0.25) is 0 Å². The van der Waals surface area contributed by atoms with Gasteiger partial charge in [0.25, 0.3) is 0 Å². The van der Waals surface area contributed by atoms with Gasteiger partial charge < -0.3 is 5.32 Å². The molecule has 1 heteroatoms. The van der Waals surface area contributed by atoms with Crippen LogP contribution >= 0.6 is 0 Å². The number of hydrogen-bond donors (Lipinski definition) is 1. The van der Waals surface area contributed by atoms with Crippen LogP contribution in [-0.4, -0.2) is 12.6 Å².